The number of carbonyl (C=O) groups excluding carboxylic acids is 1. The summed E-state index contributed by atoms with van der Waals surface area (Å²) in [5, 5.41) is 1.81. The largest absolute Gasteiger partial charge is 0.465 e. The van der Waals surface area contributed by atoms with E-state index in [0.717, 1.165) is 22.7 Å². The number of esters is 1. The molecule has 0 aliphatic rings. The third-order valence-corrected chi connectivity index (χ3v) is 6.07. The van der Waals surface area contributed by atoms with Crippen LogP contribution in [0.1, 0.15) is 15.4 Å². The van der Waals surface area contributed by atoms with E-state index in [1.165, 1.54) is 13.2 Å². The maximum absolute atomic E-state index is 12.0. The number of nitrogens with one attached hydrogen (secondary N) is 1. The average Bonchev–Trinajstić information content (AvgIpc) is 2.97. The number of nitrogens with zero attached hydrogens (tertiary/aromatic N) is 1. The molecule has 0 spiro atoms. The predicted molar refractivity (Wildman–Crippen MR) is 73.3 cm³/mol. The number of hydrogen-bond donors (Lipinski definition) is 1. The molecular weight excluding hydrogens is 308 g/mol. The number of thiophene rings is 1. The molecule has 0 radical (unpaired) electrons. The predicted octanol–water partition coefficient (Wildman–Crippen LogP) is 2.10. The molecule has 1 N–H and O–H groups in total. The van der Waals surface area contributed by atoms with Crippen LogP contribution in [-0.2, 0) is 14.8 Å². The average molecular weight is 318 g/mol. The molecule has 102 valence electrons. The monoisotopic (exact) mass is 318 g/mol. The Morgan fingerprint density at radius 2 is 2.21 bits per heavy atom. The molecule has 0 atom stereocenters. The van der Waals surface area contributed by atoms with Gasteiger partial charge in [-0.15, -0.1) is 11.3 Å². The van der Waals surface area contributed by atoms with Crippen LogP contribution in [0.4, 0.5) is 5.13 Å². The first kappa shape index (κ1) is 14.0. The lowest BCUT2D eigenvalue weighted by molar-refractivity contribution is 0.0605. The molecule has 6 nitrogen and oxygen atoms in total. The first-order chi connectivity index (χ1) is 8.94. The van der Waals surface area contributed by atoms with Crippen molar-refractivity contribution < 1.29 is 17.9 Å². The minimum atomic E-state index is -3.64. The Labute approximate surface area is 118 Å². The number of hydrogen-bond acceptors (Lipinski definition) is 7. The summed E-state index contributed by atoms with van der Waals surface area (Å²) in [5.74, 6) is -0.531. The Kier molecular flexibility index (Phi) is 3.88. The number of thiazole rings is 1. The zero-order chi connectivity index (χ0) is 14.0. The SMILES string of the molecule is COC(=O)c1sc(NS(=O)(=O)c2cccs2)nc1C. The van der Waals surface area contributed by atoms with Gasteiger partial charge in [-0.3, -0.25) is 4.72 Å². The molecular formula is C10H10N2O4S3. The highest BCUT2D eigenvalue weighted by atomic mass is 32.2. The normalized spacial score (nSPS) is 11.3. The lowest BCUT2D eigenvalue weighted by Gasteiger charge is -2.01. The van der Waals surface area contributed by atoms with Gasteiger partial charge >= 0.3 is 5.97 Å². The summed E-state index contributed by atoms with van der Waals surface area (Å²) >= 11 is 2.05. The maximum Gasteiger partial charge on any atom is 0.350 e. The molecule has 0 saturated carbocycles. The highest BCUT2D eigenvalue weighted by molar-refractivity contribution is 7.94. The molecule has 9 heteroatoms. The molecule has 0 bridgehead atoms. The molecule has 2 heterocycles. The van der Waals surface area contributed by atoms with Crippen molar-refractivity contribution in [1.82, 2.24) is 4.98 Å². The Hall–Kier alpha value is -1.45. The van der Waals surface area contributed by atoms with Crippen LogP contribution in [0.2, 0.25) is 0 Å². The number of rotatable bonds is 4. The lowest BCUT2D eigenvalue weighted by Crippen LogP contribution is -2.11. The number of aryl methyl sites for hydroxylation is 1. The second-order valence-electron chi connectivity index (χ2n) is 3.46. The number of anilines is 1. The Morgan fingerprint density at radius 1 is 1.47 bits per heavy atom. The molecule has 2 aromatic rings. The fourth-order valence-corrected chi connectivity index (χ4v) is 4.42. The molecule has 0 saturated heterocycles. The first-order valence-electron chi connectivity index (χ1n) is 5.06. The molecule has 19 heavy (non-hydrogen) atoms. The van der Waals surface area contributed by atoms with E-state index in [2.05, 4.69) is 14.4 Å². The van der Waals surface area contributed by atoms with E-state index in [-0.39, 0.29) is 14.2 Å². The van der Waals surface area contributed by atoms with Crippen molar-refractivity contribution in [2.75, 3.05) is 11.8 Å². The quantitative estimate of drug-likeness (QED) is 0.873. The Morgan fingerprint density at radius 3 is 2.79 bits per heavy atom. The number of carbonyl (C=O) groups is 1. The van der Waals surface area contributed by atoms with Crippen LogP contribution >= 0.6 is 22.7 Å². The van der Waals surface area contributed by atoms with E-state index < -0.39 is 16.0 Å². The zero-order valence-electron chi connectivity index (χ0n) is 10.0. The van der Waals surface area contributed by atoms with Crippen molar-refractivity contribution in [3.05, 3.63) is 28.1 Å². The van der Waals surface area contributed by atoms with Gasteiger partial charge in [0.1, 0.15) is 9.09 Å². The standard InChI is InChI=1S/C10H10N2O4S3/c1-6-8(9(13)16-2)18-10(11-6)12-19(14,15)7-4-3-5-17-7/h3-5H,1-2H3,(H,11,12). The van der Waals surface area contributed by atoms with Gasteiger partial charge in [0.15, 0.2) is 5.13 Å². The third kappa shape index (κ3) is 2.94. The second-order valence-corrected chi connectivity index (χ2v) is 7.32. The van der Waals surface area contributed by atoms with Gasteiger partial charge in [0, 0.05) is 0 Å². The van der Waals surface area contributed by atoms with Crippen LogP contribution in [0, 0.1) is 6.92 Å². The molecule has 0 amide bonds. The molecule has 0 aromatic carbocycles. The van der Waals surface area contributed by atoms with E-state index in [4.69, 9.17) is 0 Å². The number of ether oxygens (including phenoxy) is 1. The third-order valence-electron chi connectivity index (χ3n) is 2.15. The summed E-state index contributed by atoms with van der Waals surface area (Å²) < 4.78 is 31.1. The van der Waals surface area contributed by atoms with Gasteiger partial charge in [-0.1, -0.05) is 17.4 Å². The maximum atomic E-state index is 12.0. The fraction of sp³-hybridized carbons (Fsp3) is 0.200. The molecule has 2 aromatic heterocycles. The van der Waals surface area contributed by atoms with Crippen molar-refractivity contribution in [2.24, 2.45) is 0 Å². The number of methoxy groups -OCH3 is 1. The number of sulfonamides is 1. The van der Waals surface area contributed by atoms with Gasteiger partial charge in [-0.25, -0.2) is 18.2 Å². The van der Waals surface area contributed by atoms with Crippen LogP contribution < -0.4 is 4.72 Å². The number of aromatic nitrogens is 1. The Bertz CT molecular complexity index is 688. The van der Waals surface area contributed by atoms with E-state index >= 15 is 0 Å². The lowest BCUT2D eigenvalue weighted by atomic mass is 10.4. The van der Waals surface area contributed by atoms with E-state index in [9.17, 15) is 13.2 Å². The fourth-order valence-electron chi connectivity index (χ4n) is 1.30. The summed E-state index contributed by atoms with van der Waals surface area (Å²) in [7, 11) is -2.38. The first-order valence-corrected chi connectivity index (χ1v) is 8.24. The van der Waals surface area contributed by atoms with Crippen molar-refractivity contribution in [3.8, 4) is 0 Å². The van der Waals surface area contributed by atoms with Crippen LogP contribution in [-0.4, -0.2) is 26.5 Å². The van der Waals surface area contributed by atoms with Crippen LogP contribution in [0.25, 0.3) is 0 Å². The van der Waals surface area contributed by atoms with Crippen LogP contribution in [0.3, 0.4) is 0 Å². The van der Waals surface area contributed by atoms with Gasteiger partial charge in [0.25, 0.3) is 10.0 Å². The van der Waals surface area contributed by atoms with Crippen LogP contribution in [0.15, 0.2) is 21.7 Å². The van der Waals surface area contributed by atoms with Crippen molar-refractivity contribution in [3.63, 3.8) is 0 Å². The summed E-state index contributed by atoms with van der Waals surface area (Å²) in [4.78, 5) is 15.7. The minimum Gasteiger partial charge on any atom is -0.465 e. The van der Waals surface area contributed by atoms with E-state index in [1.807, 2.05) is 0 Å². The summed E-state index contributed by atoms with van der Waals surface area (Å²) in [6.45, 7) is 1.62. The highest BCUT2D eigenvalue weighted by Gasteiger charge is 2.21. The summed E-state index contributed by atoms with van der Waals surface area (Å²) in [6, 6.07) is 3.14. The molecule has 2 rings (SSSR count). The van der Waals surface area contributed by atoms with Gasteiger partial charge in [0.05, 0.1) is 12.8 Å². The van der Waals surface area contributed by atoms with Gasteiger partial charge in [-0.05, 0) is 18.4 Å². The molecule has 0 unspecified atom stereocenters. The van der Waals surface area contributed by atoms with E-state index in [1.54, 1.807) is 18.4 Å². The van der Waals surface area contributed by atoms with Crippen molar-refractivity contribution >= 4 is 43.8 Å². The zero-order valence-corrected chi connectivity index (χ0v) is 12.5. The van der Waals surface area contributed by atoms with E-state index in [0.29, 0.717) is 5.69 Å². The second kappa shape index (κ2) is 5.27. The Balaban J connectivity index is 2.28. The van der Waals surface area contributed by atoms with Gasteiger partial charge in [-0.2, -0.15) is 0 Å². The van der Waals surface area contributed by atoms with Gasteiger partial charge in [0.2, 0.25) is 0 Å². The molecule has 0 aliphatic heterocycles. The smallest absolute Gasteiger partial charge is 0.350 e. The van der Waals surface area contributed by atoms with Crippen molar-refractivity contribution in [1.29, 1.82) is 0 Å². The van der Waals surface area contributed by atoms with Gasteiger partial charge < -0.3 is 4.74 Å². The minimum absolute atomic E-state index is 0.145. The molecule has 0 fully saturated rings. The highest BCUT2D eigenvalue weighted by Crippen LogP contribution is 2.26. The topological polar surface area (TPSA) is 85.4 Å². The summed E-state index contributed by atoms with van der Waals surface area (Å²) in [5.41, 5.74) is 0.431. The van der Waals surface area contributed by atoms with Crippen molar-refractivity contribution in [2.45, 2.75) is 11.1 Å². The molecule has 0 aliphatic carbocycles. The van der Waals surface area contributed by atoms with Crippen LogP contribution in [0.5, 0.6) is 0 Å². The summed E-state index contributed by atoms with van der Waals surface area (Å²) in [6.07, 6.45) is 0.